The van der Waals surface area contributed by atoms with Gasteiger partial charge in [-0.3, -0.25) is 0 Å². The second-order valence-electron chi connectivity index (χ2n) is 6.57. The number of anilines is 1. The highest BCUT2D eigenvalue weighted by Gasteiger charge is 2.18. The zero-order chi connectivity index (χ0) is 19.3. The van der Waals surface area contributed by atoms with Crippen LogP contribution in [0.4, 0.5) is 5.69 Å². The van der Waals surface area contributed by atoms with Gasteiger partial charge in [0, 0.05) is 36.9 Å². The van der Waals surface area contributed by atoms with Gasteiger partial charge in [0.15, 0.2) is 11.8 Å². The number of aromatic nitrogens is 3. The largest absolute Gasteiger partial charge is 0.370 e. The van der Waals surface area contributed by atoms with Gasteiger partial charge in [-0.1, -0.05) is 29.8 Å². The van der Waals surface area contributed by atoms with E-state index in [2.05, 4.69) is 24.9 Å². The van der Waals surface area contributed by atoms with Crippen LogP contribution in [0.15, 0.2) is 65.9 Å². The van der Waals surface area contributed by atoms with Gasteiger partial charge >= 0.3 is 0 Å². The number of piperazine rings is 1. The first-order valence-electron chi connectivity index (χ1n) is 9.20. The predicted molar refractivity (Wildman–Crippen MR) is 112 cm³/mol. The number of aliphatic imine (C=N–C) groups is 1. The number of hydrogen-bond acceptors (Lipinski definition) is 4. The highest BCUT2D eigenvalue weighted by molar-refractivity contribution is 6.30. The molecule has 1 fully saturated rings. The van der Waals surface area contributed by atoms with E-state index in [4.69, 9.17) is 17.3 Å². The molecule has 2 heterocycles. The molecular formula is C20H22ClN7. The van der Waals surface area contributed by atoms with Crippen molar-refractivity contribution >= 4 is 23.2 Å². The molecule has 0 bridgehead atoms. The lowest BCUT2D eigenvalue weighted by Crippen LogP contribution is -2.51. The number of guanidine groups is 1. The normalized spacial score (nSPS) is 15.1. The maximum atomic E-state index is 6.20. The molecule has 0 amide bonds. The van der Waals surface area contributed by atoms with E-state index >= 15 is 0 Å². The fourth-order valence-corrected chi connectivity index (χ4v) is 3.30. The number of rotatable bonds is 4. The molecule has 7 nitrogen and oxygen atoms in total. The van der Waals surface area contributed by atoms with E-state index in [0.29, 0.717) is 18.3 Å². The molecule has 0 atom stereocenters. The smallest absolute Gasteiger partial charge is 0.191 e. The Balaban J connectivity index is 1.33. The summed E-state index contributed by atoms with van der Waals surface area (Å²) in [6, 6.07) is 17.8. The summed E-state index contributed by atoms with van der Waals surface area (Å²) in [6.07, 6.45) is 1.70. The molecule has 0 spiro atoms. The number of benzene rings is 2. The third-order valence-corrected chi connectivity index (χ3v) is 4.99. The van der Waals surface area contributed by atoms with Crippen LogP contribution in [-0.2, 0) is 6.54 Å². The molecule has 1 aliphatic rings. The zero-order valence-electron chi connectivity index (χ0n) is 15.4. The number of hydrogen-bond donors (Lipinski definition) is 1. The fraction of sp³-hybridized carbons (Fsp3) is 0.250. The molecule has 144 valence electrons. The monoisotopic (exact) mass is 395 g/mol. The Hall–Kier alpha value is -3.06. The van der Waals surface area contributed by atoms with Gasteiger partial charge in [0.25, 0.3) is 0 Å². The van der Waals surface area contributed by atoms with Crippen molar-refractivity contribution < 1.29 is 0 Å². The summed E-state index contributed by atoms with van der Waals surface area (Å²) in [4.78, 5) is 13.2. The Bertz CT molecular complexity index is 929. The Morgan fingerprint density at radius 1 is 0.964 bits per heavy atom. The SMILES string of the molecule is NC(=NCc1ncn(-c2ccccc2)n1)N1CCN(c2ccc(Cl)cc2)CC1. The third-order valence-electron chi connectivity index (χ3n) is 4.74. The summed E-state index contributed by atoms with van der Waals surface area (Å²) in [5.41, 5.74) is 8.34. The van der Waals surface area contributed by atoms with Crippen LogP contribution in [0.25, 0.3) is 5.69 Å². The van der Waals surface area contributed by atoms with Crippen molar-refractivity contribution in [3.8, 4) is 5.69 Å². The molecule has 0 saturated carbocycles. The number of para-hydroxylation sites is 1. The first-order valence-corrected chi connectivity index (χ1v) is 9.58. The average Bonchev–Trinajstić information content (AvgIpc) is 3.22. The molecule has 8 heteroatoms. The summed E-state index contributed by atoms with van der Waals surface area (Å²) in [5.74, 6) is 1.18. The number of nitrogens with zero attached hydrogens (tertiary/aromatic N) is 6. The Morgan fingerprint density at radius 3 is 2.39 bits per heavy atom. The maximum Gasteiger partial charge on any atom is 0.191 e. The molecular weight excluding hydrogens is 374 g/mol. The van der Waals surface area contributed by atoms with Gasteiger partial charge in [-0.05, 0) is 36.4 Å². The minimum atomic E-state index is 0.364. The van der Waals surface area contributed by atoms with E-state index < -0.39 is 0 Å². The van der Waals surface area contributed by atoms with Crippen LogP contribution in [0.1, 0.15) is 5.82 Å². The van der Waals surface area contributed by atoms with E-state index in [-0.39, 0.29) is 0 Å². The molecule has 28 heavy (non-hydrogen) atoms. The first kappa shape index (κ1) is 18.3. The standard InChI is InChI=1S/C20H22ClN7/c21-16-6-8-17(9-7-16)26-10-12-27(13-11-26)20(22)23-14-19-24-15-28(25-19)18-4-2-1-3-5-18/h1-9,15H,10-14H2,(H2,22,23). The van der Waals surface area contributed by atoms with Crippen molar-refractivity contribution in [1.29, 1.82) is 0 Å². The molecule has 1 aliphatic heterocycles. The van der Waals surface area contributed by atoms with Gasteiger partial charge < -0.3 is 15.5 Å². The van der Waals surface area contributed by atoms with Crippen molar-refractivity contribution in [2.45, 2.75) is 6.54 Å². The number of halogens is 1. The van der Waals surface area contributed by atoms with Crippen LogP contribution >= 0.6 is 11.6 Å². The van der Waals surface area contributed by atoms with Crippen molar-refractivity contribution in [2.75, 3.05) is 31.1 Å². The van der Waals surface area contributed by atoms with Crippen LogP contribution < -0.4 is 10.6 Å². The van der Waals surface area contributed by atoms with Crippen molar-refractivity contribution in [2.24, 2.45) is 10.7 Å². The number of nitrogens with two attached hydrogens (primary N) is 1. The quantitative estimate of drug-likeness (QED) is 0.542. The molecule has 2 aromatic carbocycles. The Kier molecular flexibility index (Phi) is 5.43. The molecule has 2 N–H and O–H groups in total. The lowest BCUT2D eigenvalue weighted by molar-refractivity contribution is 0.380. The summed E-state index contributed by atoms with van der Waals surface area (Å²) < 4.78 is 1.74. The van der Waals surface area contributed by atoms with Crippen molar-refractivity contribution in [1.82, 2.24) is 19.7 Å². The second-order valence-corrected chi connectivity index (χ2v) is 7.00. The summed E-state index contributed by atoms with van der Waals surface area (Å²) >= 11 is 5.97. The van der Waals surface area contributed by atoms with E-state index in [1.807, 2.05) is 54.6 Å². The van der Waals surface area contributed by atoms with Gasteiger partial charge in [0.05, 0.1) is 5.69 Å². The van der Waals surface area contributed by atoms with Crippen molar-refractivity contribution in [3.63, 3.8) is 0 Å². The average molecular weight is 396 g/mol. The van der Waals surface area contributed by atoms with Gasteiger partial charge in [0.1, 0.15) is 12.9 Å². The molecule has 0 radical (unpaired) electrons. The van der Waals surface area contributed by atoms with Crippen LogP contribution in [0.2, 0.25) is 5.02 Å². The fourth-order valence-electron chi connectivity index (χ4n) is 3.17. The summed E-state index contributed by atoms with van der Waals surface area (Å²) in [5, 5.41) is 5.21. The van der Waals surface area contributed by atoms with Crippen LogP contribution in [0.5, 0.6) is 0 Å². The highest BCUT2D eigenvalue weighted by atomic mass is 35.5. The topological polar surface area (TPSA) is 75.6 Å². The summed E-state index contributed by atoms with van der Waals surface area (Å²) in [7, 11) is 0. The van der Waals surface area contributed by atoms with E-state index in [1.165, 1.54) is 5.69 Å². The molecule has 0 unspecified atom stereocenters. The Labute approximate surface area is 169 Å². The maximum absolute atomic E-state index is 6.20. The molecule has 3 aromatic rings. The Morgan fingerprint density at radius 2 is 1.68 bits per heavy atom. The third kappa shape index (κ3) is 4.26. The minimum Gasteiger partial charge on any atom is -0.370 e. The van der Waals surface area contributed by atoms with Gasteiger partial charge in [0.2, 0.25) is 0 Å². The predicted octanol–water partition coefficient (Wildman–Crippen LogP) is 2.56. The van der Waals surface area contributed by atoms with Crippen LogP contribution in [0, 0.1) is 0 Å². The van der Waals surface area contributed by atoms with Gasteiger partial charge in [-0.15, -0.1) is 5.10 Å². The van der Waals surface area contributed by atoms with Crippen molar-refractivity contribution in [3.05, 3.63) is 71.8 Å². The summed E-state index contributed by atoms with van der Waals surface area (Å²) in [6.45, 7) is 3.79. The first-order chi connectivity index (χ1) is 13.7. The lowest BCUT2D eigenvalue weighted by atomic mass is 10.2. The molecule has 0 aliphatic carbocycles. The zero-order valence-corrected chi connectivity index (χ0v) is 16.2. The van der Waals surface area contributed by atoms with E-state index in [1.54, 1.807) is 11.0 Å². The minimum absolute atomic E-state index is 0.364. The van der Waals surface area contributed by atoms with Crippen LogP contribution in [-0.4, -0.2) is 51.8 Å². The van der Waals surface area contributed by atoms with Gasteiger partial charge in [-0.25, -0.2) is 14.7 Å². The van der Waals surface area contributed by atoms with E-state index in [9.17, 15) is 0 Å². The molecule has 1 aromatic heterocycles. The molecule has 4 rings (SSSR count). The highest BCUT2D eigenvalue weighted by Crippen LogP contribution is 2.19. The van der Waals surface area contributed by atoms with Gasteiger partial charge in [-0.2, -0.15) is 0 Å². The van der Waals surface area contributed by atoms with E-state index in [0.717, 1.165) is 36.9 Å². The van der Waals surface area contributed by atoms with Crippen LogP contribution in [0.3, 0.4) is 0 Å². The lowest BCUT2D eigenvalue weighted by Gasteiger charge is -2.36. The molecule has 1 saturated heterocycles. The second kappa shape index (κ2) is 8.31.